The van der Waals surface area contributed by atoms with Crippen molar-refractivity contribution in [3.8, 4) is 0 Å². The van der Waals surface area contributed by atoms with Gasteiger partial charge in [-0.3, -0.25) is 4.79 Å². The standard InChI is InChI=1S/C18H27NO2/c1-14-8-9-16(11-15(14)2)5-3-7-18(21)19-10-4-6-17(12-19)13-20/h8-9,11,17,20H,3-7,10,12-13H2,1-2H3. The van der Waals surface area contributed by atoms with Crippen molar-refractivity contribution < 1.29 is 9.90 Å². The van der Waals surface area contributed by atoms with Crippen molar-refractivity contribution in [2.24, 2.45) is 5.92 Å². The van der Waals surface area contributed by atoms with E-state index in [1.165, 1.54) is 16.7 Å². The van der Waals surface area contributed by atoms with Gasteiger partial charge in [0.2, 0.25) is 5.91 Å². The fraction of sp³-hybridized carbons (Fsp3) is 0.611. The summed E-state index contributed by atoms with van der Waals surface area (Å²) in [5.41, 5.74) is 3.96. The number of amides is 1. The summed E-state index contributed by atoms with van der Waals surface area (Å²) in [5, 5.41) is 9.23. The van der Waals surface area contributed by atoms with Crippen LogP contribution in [-0.4, -0.2) is 35.6 Å². The highest BCUT2D eigenvalue weighted by atomic mass is 16.3. The Morgan fingerprint density at radius 2 is 2.14 bits per heavy atom. The number of aliphatic hydroxyl groups excluding tert-OH is 1. The van der Waals surface area contributed by atoms with Gasteiger partial charge in [-0.15, -0.1) is 0 Å². The highest BCUT2D eigenvalue weighted by Crippen LogP contribution is 2.18. The maximum atomic E-state index is 12.2. The quantitative estimate of drug-likeness (QED) is 0.905. The van der Waals surface area contributed by atoms with Crippen LogP contribution in [0.3, 0.4) is 0 Å². The number of likely N-dealkylation sites (tertiary alicyclic amines) is 1. The molecular weight excluding hydrogens is 262 g/mol. The van der Waals surface area contributed by atoms with Crippen molar-refractivity contribution in [1.29, 1.82) is 0 Å². The third-order valence-corrected chi connectivity index (χ3v) is 4.56. The molecular formula is C18H27NO2. The first-order valence-corrected chi connectivity index (χ1v) is 8.05. The molecule has 0 radical (unpaired) electrons. The van der Waals surface area contributed by atoms with Gasteiger partial charge in [-0.05, 0) is 62.1 Å². The smallest absolute Gasteiger partial charge is 0.222 e. The van der Waals surface area contributed by atoms with Gasteiger partial charge in [-0.25, -0.2) is 0 Å². The number of aryl methyl sites for hydroxylation is 3. The van der Waals surface area contributed by atoms with E-state index in [1.54, 1.807) is 0 Å². The Balaban J connectivity index is 1.77. The van der Waals surface area contributed by atoms with E-state index < -0.39 is 0 Å². The van der Waals surface area contributed by atoms with E-state index in [2.05, 4.69) is 32.0 Å². The highest BCUT2D eigenvalue weighted by molar-refractivity contribution is 5.76. The van der Waals surface area contributed by atoms with Gasteiger partial charge in [0.25, 0.3) is 0 Å². The Hall–Kier alpha value is -1.35. The number of hydrogen-bond donors (Lipinski definition) is 1. The van der Waals surface area contributed by atoms with Crippen LogP contribution in [0.25, 0.3) is 0 Å². The van der Waals surface area contributed by atoms with Crippen LogP contribution in [0.1, 0.15) is 42.4 Å². The number of benzene rings is 1. The highest BCUT2D eigenvalue weighted by Gasteiger charge is 2.22. The number of aliphatic hydroxyl groups is 1. The van der Waals surface area contributed by atoms with E-state index in [0.717, 1.165) is 38.8 Å². The number of hydrogen-bond acceptors (Lipinski definition) is 2. The van der Waals surface area contributed by atoms with Crippen LogP contribution in [0.15, 0.2) is 18.2 Å². The van der Waals surface area contributed by atoms with Gasteiger partial charge in [0.05, 0.1) is 0 Å². The molecule has 0 spiro atoms. The number of piperidine rings is 1. The van der Waals surface area contributed by atoms with Crippen LogP contribution in [0.2, 0.25) is 0 Å². The van der Waals surface area contributed by atoms with Gasteiger partial charge >= 0.3 is 0 Å². The molecule has 1 aromatic rings. The Kier molecular flexibility index (Phi) is 5.80. The molecule has 0 bridgehead atoms. The molecule has 1 unspecified atom stereocenters. The second-order valence-electron chi connectivity index (χ2n) is 6.30. The monoisotopic (exact) mass is 289 g/mol. The molecule has 1 N–H and O–H groups in total. The van der Waals surface area contributed by atoms with Gasteiger partial charge < -0.3 is 10.0 Å². The predicted molar refractivity (Wildman–Crippen MR) is 85.2 cm³/mol. The second kappa shape index (κ2) is 7.60. The fourth-order valence-corrected chi connectivity index (χ4v) is 3.00. The van der Waals surface area contributed by atoms with E-state index in [9.17, 15) is 9.90 Å². The molecule has 1 atom stereocenters. The summed E-state index contributed by atoms with van der Waals surface area (Å²) in [6.07, 6.45) is 4.55. The van der Waals surface area contributed by atoms with Crippen LogP contribution >= 0.6 is 0 Å². The molecule has 0 saturated carbocycles. The lowest BCUT2D eigenvalue weighted by molar-refractivity contribution is -0.133. The summed E-state index contributed by atoms with van der Waals surface area (Å²) in [7, 11) is 0. The normalized spacial score (nSPS) is 18.8. The molecule has 1 aromatic carbocycles. The molecule has 3 nitrogen and oxygen atoms in total. The summed E-state index contributed by atoms with van der Waals surface area (Å²) in [4.78, 5) is 14.2. The largest absolute Gasteiger partial charge is 0.396 e. The first-order valence-electron chi connectivity index (χ1n) is 8.05. The average Bonchev–Trinajstić information content (AvgIpc) is 2.50. The Labute approximate surface area is 128 Å². The SMILES string of the molecule is Cc1ccc(CCCC(=O)N2CCCC(CO)C2)cc1C. The van der Waals surface area contributed by atoms with Gasteiger partial charge in [-0.1, -0.05) is 18.2 Å². The summed E-state index contributed by atoms with van der Waals surface area (Å²) in [5.74, 6) is 0.527. The van der Waals surface area contributed by atoms with E-state index in [1.807, 2.05) is 4.90 Å². The molecule has 1 amide bonds. The summed E-state index contributed by atoms with van der Waals surface area (Å²) in [6, 6.07) is 6.54. The third kappa shape index (κ3) is 4.57. The Morgan fingerprint density at radius 3 is 2.86 bits per heavy atom. The van der Waals surface area contributed by atoms with Gasteiger partial charge in [0, 0.05) is 26.1 Å². The zero-order valence-corrected chi connectivity index (χ0v) is 13.3. The molecule has 1 saturated heterocycles. The number of carbonyl (C=O) groups excluding carboxylic acids is 1. The van der Waals surface area contributed by atoms with E-state index >= 15 is 0 Å². The molecule has 2 rings (SSSR count). The molecule has 0 aromatic heterocycles. The van der Waals surface area contributed by atoms with Crippen LogP contribution < -0.4 is 0 Å². The average molecular weight is 289 g/mol. The molecule has 116 valence electrons. The minimum Gasteiger partial charge on any atom is -0.396 e. The zero-order valence-electron chi connectivity index (χ0n) is 13.3. The van der Waals surface area contributed by atoms with E-state index in [4.69, 9.17) is 0 Å². The zero-order chi connectivity index (χ0) is 15.2. The van der Waals surface area contributed by atoms with Gasteiger partial charge in [-0.2, -0.15) is 0 Å². The molecule has 21 heavy (non-hydrogen) atoms. The van der Waals surface area contributed by atoms with Gasteiger partial charge in [0.1, 0.15) is 0 Å². The molecule has 3 heteroatoms. The third-order valence-electron chi connectivity index (χ3n) is 4.56. The lowest BCUT2D eigenvalue weighted by Gasteiger charge is -2.32. The van der Waals surface area contributed by atoms with E-state index in [0.29, 0.717) is 6.42 Å². The molecule has 0 aliphatic carbocycles. The summed E-state index contributed by atoms with van der Waals surface area (Å²) >= 11 is 0. The van der Waals surface area contributed by atoms with Crippen molar-refractivity contribution in [1.82, 2.24) is 4.90 Å². The number of rotatable bonds is 5. The molecule has 1 aliphatic heterocycles. The van der Waals surface area contributed by atoms with Gasteiger partial charge in [0.15, 0.2) is 0 Å². The fourth-order valence-electron chi connectivity index (χ4n) is 3.00. The summed E-state index contributed by atoms with van der Waals surface area (Å²) < 4.78 is 0. The number of nitrogens with zero attached hydrogens (tertiary/aromatic N) is 1. The summed E-state index contributed by atoms with van der Waals surface area (Å²) in [6.45, 7) is 6.05. The van der Waals surface area contributed by atoms with Crippen molar-refractivity contribution in [2.75, 3.05) is 19.7 Å². The van der Waals surface area contributed by atoms with Crippen molar-refractivity contribution in [3.05, 3.63) is 34.9 Å². The Morgan fingerprint density at radius 1 is 1.33 bits per heavy atom. The first kappa shape index (κ1) is 16.0. The van der Waals surface area contributed by atoms with Crippen LogP contribution in [0, 0.1) is 19.8 Å². The lowest BCUT2D eigenvalue weighted by atomic mass is 9.98. The topological polar surface area (TPSA) is 40.5 Å². The molecule has 1 aliphatic rings. The lowest BCUT2D eigenvalue weighted by Crippen LogP contribution is -2.40. The van der Waals surface area contributed by atoms with Crippen LogP contribution in [0.5, 0.6) is 0 Å². The maximum absolute atomic E-state index is 12.2. The van der Waals surface area contributed by atoms with Crippen molar-refractivity contribution in [3.63, 3.8) is 0 Å². The van der Waals surface area contributed by atoms with Crippen molar-refractivity contribution >= 4 is 5.91 Å². The second-order valence-corrected chi connectivity index (χ2v) is 6.30. The minimum atomic E-state index is 0.201. The van der Waals surface area contributed by atoms with Crippen LogP contribution in [-0.2, 0) is 11.2 Å². The molecule has 1 fully saturated rings. The van der Waals surface area contributed by atoms with E-state index in [-0.39, 0.29) is 18.4 Å². The first-order chi connectivity index (χ1) is 10.1. The molecule has 1 heterocycles. The number of carbonyl (C=O) groups is 1. The minimum absolute atomic E-state index is 0.201. The predicted octanol–water partition coefficient (Wildman–Crippen LogP) is 2.86. The maximum Gasteiger partial charge on any atom is 0.222 e. The van der Waals surface area contributed by atoms with Crippen molar-refractivity contribution in [2.45, 2.75) is 46.0 Å². The Bertz CT molecular complexity index is 484. The van der Waals surface area contributed by atoms with Crippen LogP contribution in [0.4, 0.5) is 0 Å².